The van der Waals surface area contributed by atoms with Gasteiger partial charge in [-0.3, -0.25) is 9.59 Å². The molecule has 2 unspecified atom stereocenters. The zero-order valence-electron chi connectivity index (χ0n) is 13.9. The summed E-state index contributed by atoms with van der Waals surface area (Å²) in [5, 5.41) is 5.70. The van der Waals surface area contributed by atoms with Crippen molar-refractivity contribution in [1.82, 2.24) is 10.6 Å². The summed E-state index contributed by atoms with van der Waals surface area (Å²) in [6.45, 7) is 1.28. The Bertz CT molecular complexity index is 619. The van der Waals surface area contributed by atoms with Crippen LogP contribution in [0.15, 0.2) is 24.3 Å². The molecule has 1 saturated heterocycles. The molecule has 1 aliphatic heterocycles. The van der Waals surface area contributed by atoms with Gasteiger partial charge in [0.05, 0.1) is 11.6 Å². The van der Waals surface area contributed by atoms with Gasteiger partial charge < -0.3 is 15.4 Å². The molecule has 5 nitrogen and oxygen atoms in total. The summed E-state index contributed by atoms with van der Waals surface area (Å²) in [5.74, 6) is -1.11. The molecular weight excluding hydrogens is 337 g/mol. The van der Waals surface area contributed by atoms with E-state index in [1.165, 1.54) is 12.1 Å². The number of rotatable bonds is 7. The zero-order valence-corrected chi connectivity index (χ0v) is 13.9. The Morgan fingerprint density at radius 3 is 2.80 bits per heavy atom. The highest BCUT2D eigenvalue weighted by molar-refractivity contribution is 5.99. The van der Waals surface area contributed by atoms with Crippen LogP contribution in [0.3, 0.4) is 0 Å². The predicted molar refractivity (Wildman–Crippen MR) is 85.2 cm³/mol. The monoisotopic (exact) mass is 358 g/mol. The fourth-order valence-electron chi connectivity index (χ4n) is 2.77. The van der Waals surface area contributed by atoms with Crippen LogP contribution in [-0.2, 0) is 15.7 Å². The first-order chi connectivity index (χ1) is 11.8. The molecule has 0 spiro atoms. The molecule has 2 N–H and O–H groups in total. The third-order valence-electron chi connectivity index (χ3n) is 4.12. The van der Waals surface area contributed by atoms with Crippen molar-refractivity contribution in [3.8, 4) is 0 Å². The van der Waals surface area contributed by atoms with Crippen LogP contribution in [0.4, 0.5) is 13.2 Å². The molecule has 1 aromatic rings. The number of ketones is 1. The van der Waals surface area contributed by atoms with Crippen LogP contribution in [0, 0.1) is 5.92 Å². The minimum atomic E-state index is -4.49. The molecule has 1 heterocycles. The maximum atomic E-state index is 12.8. The number of halogens is 3. The largest absolute Gasteiger partial charge is 0.416 e. The van der Waals surface area contributed by atoms with E-state index in [0.717, 1.165) is 12.1 Å². The van der Waals surface area contributed by atoms with Gasteiger partial charge in [-0.25, -0.2) is 0 Å². The fraction of sp³-hybridized carbons (Fsp3) is 0.529. The number of methoxy groups -OCH3 is 1. The number of carbonyl (C=O) groups is 2. The Morgan fingerprint density at radius 2 is 2.12 bits per heavy atom. The molecule has 138 valence electrons. The van der Waals surface area contributed by atoms with Crippen molar-refractivity contribution in [3.63, 3.8) is 0 Å². The van der Waals surface area contributed by atoms with Gasteiger partial charge in [-0.2, -0.15) is 13.2 Å². The summed E-state index contributed by atoms with van der Waals surface area (Å²) in [4.78, 5) is 24.5. The van der Waals surface area contributed by atoms with E-state index in [-0.39, 0.29) is 30.2 Å². The van der Waals surface area contributed by atoms with E-state index >= 15 is 0 Å². The first kappa shape index (κ1) is 19.4. The number of Topliss-reactive ketones (excluding diaryl/α,β-unsaturated/α-hetero) is 1. The quantitative estimate of drug-likeness (QED) is 0.578. The molecule has 0 aromatic heterocycles. The number of alkyl halides is 3. The molecule has 1 aliphatic rings. The van der Waals surface area contributed by atoms with Gasteiger partial charge in [0.15, 0.2) is 5.78 Å². The molecule has 1 aromatic carbocycles. The molecule has 2 rings (SSSR count). The standard InChI is InChI=1S/C17H21F3N2O3/c1-25-7-3-6-21-16(24)14-9-12(10-22-14)15(23)11-4-2-5-13(8-11)17(18,19)20/h2,4-5,8,12,14,22H,3,6-7,9-10H2,1H3,(H,21,24). The Balaban J connectivity index is 1.93. The van der Waals surface area contributed by atoms with Gasteiger partial charge in [0, 0.05) is 38.3 Å². The lowest BCUT2D eigenvalue weighted by atomic mass is 9.94. The SMILES string of the molecule is COCCCNC(=O)C1CC(C(=O)c2cccc(C(F)(F)F)c2)CN1. The molecule has 0 aliphatic carbocycles. The van der Waals surface area contributed by atoms with E-state index in [1.54, 1.807) is 7.11 Å². The minimum Gasteiger partial charge on any atom is -0.385 e. The predicted octanol–water partition coefficient (Wildman–Crippen LogP) is 2.02. The van der Waals surface area contributed by atoms with Gasteiger partial charge in [-0.1, -0.05) is 12.1 Å². The fourth-order valence-corrected chi connectivity index (χ4v) is 2.77. The van der Waals surface area contributed by atoms with Crippen molar-refractivity contribution < 1.29 is 27.5 Å². The van der Waals surface area contributed by atoms with Crippen LogP contribution in [-0.4, -0.2) is 44.5 Å². The van der Waals surface area contributed by atoms with E-state index in [0.29, 0.717) is 19.6 Å². The lowest BCUT2D eigenvalue weighted by Gasteiger charge is -2.12. The Hall–Kier alpha value is -1.93. The maximum Gasteiger partial charge on any atom is 0.416 e. The van der Waals surface area contributed by atoms with E-state index in [4.69, 9.17) is 4.74 Å². The number of benzene rings is 1. The van der Waals surface area contributed by atoms with Crippen LogP contribution < -0.4 is 10.6 Å². The molecular formula is C17H21F3N2O3. The van der Waals surface area contributed by atoms with Gasteiger partial charge >= 0.3 is 6.18 Å². The van der Waals surface area contributed by atoms with Gasteiger partial charge in [0.1, 0.15) is 0 Å². The average molecular weight is 358 g/mol. The lowest BCUT2D eigenvalue weighted by molar-refractivity contribution is -0.137. The number of amides is 1. The Kier molecular flexibility index (Phi) is 6.55. The number of nitrogens with one attached hydrogen (secondary N) is 2. The smallest absolute Gasteiger partial charge is 0.385 e. The van der Waals surface area contributed by atoms with Crippen molar-refractivity contribution in [2.75, 3.05) is 26.8 Å². The molecule has 0 bridgehead atoms. The summed E-state index contributed by atoms with van der Waals surface area (Å²) in [6, 6.07) is 3.87. The third kappa shape index (κ3) is 5.27. The lowest BCUT2D eigenvalue weighted by Crippen LogP contribution is -2.40. The van der Waals surface area contributed by atoms with Crippen LogP contribution in [0.1, 0.15) is 28.8 Å². The van der Waals surface area contributed by atoms with Crippen molar-refractivity contribution in [3.05, 3.63) is 35.4 Å². The van der Waals surface area contributed by atoms with E-state index in [9.17, 15) is 22.8 Å². The van der Waals surface area contributed by atoms with Crippen LogP contribution in [0.2, 0.25) is 0 Å². The first-order valence-corrected chi connectivity index (χ1v) is 8.04. The Labute approximate surface area is 143 Å². The van der Waals surface area contributed by atoms with Crippen molar-refractivity contribution in [1.29, 1.82) is 0 Å². The number of hydrogen-bond acceptors (Lipinski definition) is 4. The van der Waals surface area contributed by atoms with Crippen molar-refractivity contribution >= 4 is 11.7 Å². The van der Waals surface area contributed by atoms with E-state index < -0.39 is 23.7 Å². The summed E-state index contributed by atoms with van der Waals surface area (Å²) in [5.41, 5.74) is -0.834. The second-order valence-electron chi connectivity index (χ2n) is 5.97. The third-order valence-corrected chi connectivity index (χ3v) is 4.12. The minimum absolute atomic E-state index is 0.0165. The maximum absolute atomic E-state index is 12.8. The highest BCUT2D eigenvalue weighted by atomic mass is 19.4. The van der Waals surface area contributed by atoms with Gasteiger partial charge in [-0.05, 0) is 25.0 Å². The van der Waals surface area contributed by atoms with Gasteiger partial charge in [0.25, 0.3) is 0 Å². The summed E-state index contributed by atoms with van der Waals surface area (Å²) in [7, 11) is 1.57. The molecule has 0 radical (unpaired) electrons. The Morgan fingerprint density at radius 1 is 1.36 bits per heavy atom. The van der Waals surface area contributed by atoms with Crippen LogP contribution in [0.25, 0.3) is 0 Å². The van der Waals surface area contributed by atoms with E-state index in [2.05, 4.69) is 10.6 Å². The van der Waals surface area contributed by atoms with Crippen LogP contribution >= 0.6 is 0 Å². The average Bonchev–Trinajstić information content (AvgIpc) is 3.07. The second-order valence-corrected chi connectivity index (χ2v) is 5.97. The molecule has 1 amide bonds. The molecule has 0 saturated carbocycles. The number of carbonyl (C=O) groups excluding carboxylic acids is 2. The van der Waals surface area contributed by atoms with Gasteiger partial charge in [-0.15, -0.1) is 0 Å². The topological polar surface area (TPSA) is 67.4 Å². The molecule has 1 fully saturated rings. The van der Waals surface area contributed by atoms with Crippen LogP contribution in [0.5, 0.6) is 0 Å². The zero-order chi connectivity index (χ0) is 18.4. The summed E-state index contributed by atoms with van der Waals surface area (Å²) >= 11 is 0. The van der Waals surface area contributed by atoms with Crippen molar-refractivity contribution in [2.45, 2.75) is 25.1 Å². The highest BCUT2D eigenvalue weighted by Gasteiger charge is 2.35. The highest BCUT2D eigenvalue weighted by Crippen LogP contribution is 2.30. The molecule has 2 atom stereocenters. The van der Waals surface area contributed by atoms with Gasteiger partial charge in [0.2, 0.25) is 5.91 Å². The first-order valence-electron chi connectivity index (χ1n) is 8.04. The number of ether oxygens (including phenoxy) is 1. The normalized spacial score (nSPS) is 20.5. The molecule has 8 heteroatoms. The second kappa shape index (κ2) is 8.44. The van der Waals surface area contributed by atoms with Crippen molar-refractivity contribution in [2.24, 2.45) is 5.92 Å². The number of hydrogen-bond donors (Lipinski definition) is 2. The summed E-state index contributed by atoms with van der Waals surface area (Å²) in [6.07, 6.45) is -3.54. The van der Waals surface area contributed by atoms with E-state index in [1.807, 2.05) is 0 Å². The molecule has 25 heavy (non-hydrogen) atoms. The summed E-state index contributed by atoms with van der Waals surface area (Å²) < 4.78 is 43.2.